The molecule has 1 aromatic carbocycles. The highest BCUT2D eigenvalue weighted by atomic mass is 16.7. The highest BCUT2D eigenvalue weighted by Crippen LogP contribution is 2.34. The van der Waals surface area contributed by atoms with Crippen LogP contribution in [0.2, 0.25) is 0 Å². The lowest BCUT2D eigenvalue weighted by Gasteiger charge is -2.07. The molecule has 0 bridgehead atoms. The van der Waals surface area contributed by atoms with Crippen molar-refractivity contribution in [2.24, 2.45) is 0 Å². The van der Waals surface area contributed by atoms with Gasteiger partial charge in [0, 0.05) is 11.8 Å². The van der Waals surface area contributed by atoms with Crippen LogP contribution in [0.4, 0.5) is 5.69 Å². The molecule has 8 heteroatoms. The van der Waals surface area contributed by atoms with Gasteiger partial charge in [0.1, 0.15) is 12.2 Å². The molecular weight excluding hydrogens is 276 g/mol. The quantitative estimate of drug-likeness (QED) is 0.848. The summed E-state index contributed by atoms with van der Waals surface area (Å²) in [6, 6.07) is 5.18. The second-order valence-corrected chi connectivity index (χ2v) is 4.55. The number of aromatic nitrogens is 3. The average molecular weight is 290 g/mol. The van der Waals surface area contributed by atoms with Crippen molar-refractivity contribution in [3.8, 4) is 11.5 Å². The number of fused-ring (bicyclic) bond motifs is 1. The van der Waals surface area contributed by atoms with Crippen LogP contribution in [0, 0.1) is 6.92 Å². The number of rotatable bonds is 4. The summed E-state index contributed by atoms with van der Waals surface area (Å²) in [6.45, 7) is 1.76. The summed E-state index contributed by atoms with van der Waals surface area (Å²) in [6.07, 6.45) is 0. The van der Waals surface area contributed by atoms with Crippen LogP contribution >= 0.6 is 0 Å². The van der Waals surface area contributed by atoms with Crippen LogP contribution in [-0.2, 0) is 17.9 Å². The summed E-state index contributed by atoms with van der Waals surface area (Å²) in [5.41, 5.74) is 1.74. The van der Waals surface area contributed by atoms with Crippen molar-refractivity contribution in [3.63, 3.8) is 0 Å². The van der Waals surface area contributed by atoms with Gasteiger partial charge in [-0.15, -0.1) is 5.10 Å². The summed E-state index contributed by atoms with van der Waals surface area (Å²) in [5.74, 6) is 1.02. The Labute approximate surface area is 120 Å². The number of carbonyl (C=O) groups is 1. The van der Waals surface area contributed by atoms with E-state index in [-0.39, 0.29) is 25.9 Å². The van der Waals surface area contributed by atoms with E-state index in [1.807, 2.05) is 0 Å². The third-order valence-electron chi connectivity index (χ3n) is 3.18. The number of aliphatic hydroxyl groups excluding tert-OH is 1. The van der Waals surface area contributed by atoms with Gasteiger partial charge in [0.15, 0.2) is 11.5 Å². The monoisotopic (exact) mass is 290 g/mol. The Kier molecular flexibility index (Phi) is 3.44. The van der Waals surface area contributed by atoms with Gasteiger partial charge in [-0.25, -0.2) is 4.68 Å². The molecule has 0 saturated heterocycles. The van der Waals surface area contributed by atoms with E-state index in [1.54, 1.807) is 25.1 Å². The van der Waals surface area contributed by atoms with E-state index >= 15 is 0 Å². The Bertz CT molecular complexity index is 683. The molecule has 1 aliphatic rings. The maximum Gasteiger partial charge on any atom is 0.246 e. The fourth-order valence-electron chi connectivity index (χ4n) is 2.00. The van der Waals surface area contributed by atoms with Crippen LogP contribution in [0.1, 0.15) is 11.4 Å². The number of carbonyl (C=O) groups excluding carboxylic acids is 1. The van der Waals surface area contributed by atoms with E-state index in [0.29, 0.717) is 28.6 Å². The first-order chi connectivity index (χ1) is 10.2. The smallest absolute Gasteiger partial charge is 0.246 e. The zero-order valence-electron chi connectivity index (χ0n) is 11.4. The van der Waals surface area contributed by atoms with Crippen molar-refractivity contribution >= 4 is 11.6 Å². The first-order valence-corrected chi connectivity index (χ1v) is 6.36. The molecular formula is C13H14N4O4. The third-order valence-corrected chi connectivity index (χ3v) is 3.18. The Morgan fingerprint density at radius 1 is 1.43 bits per heavy atom. The van der Waals surface area contributed by atoms with Gasteiger partial charge in [-0.1, -0.05) is 5.21 Å². The molecule has 1 amide bonds. The number of benzene rings is 1. The van der Waals surface area contributed by atoms with E-state index in [1.165, 1.54) is 4.68 Å². The van der Waals surface area contributed by atoms with Crippen molar-refractivity contribution in [2.45, 2.75) is 20.1 Å². The maximum atomic E-state index is 12.0. The van der Waals surface area contributed by atoms with Gasteiger partial charge in [-0.05, 0) is 19.1 Å². The van der Waals surface area contributed by atoms with Crippen LogP contribution < -0.4 is 14.8 Å². The van der Waals surface area contributed by atoms with Gasteiger partial charge in [-0.3, -0.25) is 4.79 Å². The SMILES string of the molecule is Cc1c(CO)nnn1CC(=O)Nc1ccc2c(c1)OCO2. The van der Waals surface area contributed by atoms with Crippen molar-refractivity contribution in [1.29, 1.82) is 0 Å². The number of nitrogens with zero attached hydrogens (tertiary/aromatic N) is 3. The van der Waals surface area contributed by atoms with E-state index in [0.717, 1.165) is 0 Å². The molecule has 0 fully saturated rings. The van der Waals surface area contributed by atoms with Crippen molar-refractivity contribution < 1.29 is 19.4 Å². The standard InChI is InChI=1S/C13H14N4O4/c1-8-10(6-18)15-16-17(8)5-13(19)14-9-2-3-11-12(4-9)21-7-20-11/h2-4,18H,5-7H2,1H3,(H,14,19). The highest BCUT2D eigenvalue weighted by Gasteiger charge is 2.15. The van der Waals surface area contributed by atoms with Crippen molar-refractivity contribution in [3.05, 3.63) is 29.6 Å². The summed E-state index contributed by atoms with van der Waals surface area (Å²) in [5, 5.41) is 19.4. The lowest BCUT2D eigenvalue weighted by Crippen LogP contribution is -2.20. The molecule has 1 aromatic heterocycles. The minimum atomic E-state index is -0.244. The molecule has 1 aliphatic heterocycles. The topological polar surface area (TPSA) is 98.5 Å². The number of hydrogen-bond donors (Lipinski definition) is 2. The van der Waals surface area contributed by atoms with Gasteiger partial charge >= 0.3 is 0 Å². The fourth-order valence-corrected chi connectivity index (χ4v) is 2.00. The van der Waals surface area contributed by atoms with Crippen molar-refractivity contribution in [1.82, 2.24) is 15.0 Å². The van der Waals surface area contributed by atoms with Crippen LogP contribution in [0.5, 0.6) is 11.5 Å². The predicted octanol–water partition coefficient (Wildman–Crippen LogP) is 0.446. The average Bonchev–Trinajstić information content (AvgIpc) is 3.06. The maximum absolute atomic E-state index is 12.0. The normalized spacial score (nSPS) is 12.5. The number of anilines is 1. The second kappa shape index (κ2) is 5.41. The van der Waals surface area contributed by atoms with Crippen molar-refractivity contribution in [2.75, 3.05) is 12.1 Å². The lowest BCUT2D eigenvalue weighted by atomic mass is 10.2. The first kappa shape index (κ1) is 13.4. The molecule has 0 aliphatic carbocycles. The number of hydrogen-bond acceptors (Lipinski definition) is 6. The predicted molar refractivity (Wildman–Crippen MR) is 71.9 cm³/mol. The number of aliphatic hydroxyl groups is 1. The summed E-state index contributed by atoms with van der Waals surface area (Å²) in [4.78, 5) is 12.0. The molecule has 2 N–H and O–H groups in total. The first-order valence-electron chi connectivity index (χ1n) is 6.36. The van der Waals surface area contributed by atoms with E-state index in [2.05, 4.69) is 15.6 Å². The Balaban J connectivity index is 1.67. The van der Waals surface area contributed by atoms with Crippen LogP contribution in [0.25, 0.3) is 0 Å². The van der Waals surface area contributed by atoms with Gasteiger partial charge in [-0.2, -0.15) is 0 Å². The Morgan fingerprint density at radius 2 is 2.24 bits per heavy atom. The molecule has 8 nitrogen and oxygen atoms in total. The summed E-state index contributed by atoms with van der Waals surface area (Å²) < 4.78 is 11.9. The summed E-state index contributed by atoms with van der Waals surface area (Å²) >= 11 is 0. The van der Waals surface area contributed by atoms with E-state index in [4.69, 9.17) is 14.6 Å². The molecule has 0 atom stereocenters. The zero-order valence-corrected chi connectivity index (χ0v) is 11.4. The van der Waals surface area contributed by atoms with Gasteiger partial charge < -0.3 is 19.9 Å². The molecule has 2 aromatic rings. The molecule has 0 spiro atoms. The molecule has 0 radical (unpaired) electrons. The molecule has 3 rings (SSSR count). The number of ether oxygens (including phenoxy) is 2. The van der Waals surface area contributed by atoms with Gasteiger partial charge in [0.05, 0.1) is 12.3 Å². The van der Waals surface area contributed by atoms with Gasteiger partial charge in [0.25, 0.3) is 0 Å². The Hall–Kier alpha value is -2.61. The van der Waals surface area contributed by atoms with Crippen LogP contribution in [-0.4, -0.2) is 32.8 Å². The van der Waals surface area contributed by atoms with Gasteiger partial charge in [0.2, 0.25) is 12.7 Å². The number of amides is 1. The largest absolute Gasteiger partial charge is 0.454 e. The minimum Gasteiger partial charge on any atom is -0.454 e. The number of nitrogens with one attached hydrogen (secondary N) is 1. The van der Waals surface area contributed by atoms with Crippen LogP contribution in [0.3, 0.4) is 0 Å². The molecule has 21 heavy (non-hydrogen) atoms. The van der Waals surface area contributed by atoms with E-state index in [9.17, 15) is 4.79 Å². The second-order valence-electron chi connectivity index (χ2n) is 4.55. The molecule has 0 unspecified atom stereocenters. The molecule has 2 heterocycles. The third kappa shape index (κ3) is 2.65. The zero-order chi connectivity index (χ0) is 14.8. The van der Waals surface area contributed by atoms with Crippen LogP contribution in [0.15, 0.2) is 18.2 Å². The lowest BCUT2D eigenvalue weighted by molar-refractivity contribution is -0.117. The fraction of sp³-hybridized carbons (Fsp3) is 0.308. The summed E-state index contributed by atoms with van der Waals surface area (Å²) in [7, 11) is 0. The highest BCUT2D eigenvalue weighted by molar-refractivity contribution is 5.90. The molecule has 0 saturated carbocycles. The minimum absolute atomic E-state index is 0.0211. The Morgan fingerprint density at radius 3 is 3.00 bits per heavy atom. The van der Waals surface area contributed by atoms with E-state index < -0.39 is 0 Å². The molecule has 110 valence electrons.